The normalized spacial score (nSPS) is 12.0. The average molecular weight is 252 g/mol. The van der Waals surface area contributed by atoms with E-state index in [1.807, 2.05) is 6.92 Å². The number of hydrogen-bond acceptors (Lipinski definition) is 2. The van der Waals surface area contributed by atoms with Crippen LogP contribution in [0.5, 0.6) is 0 Å². The highest BCUT2D eigenvalue weighted by molar-refractivity contribution is 5.84. The summed E-state index contributed by atoms with van der Waals surface area (Å²) < 4.78 is 13.5. The van der Waals surface area contributed by atoms with Crippen LogP contribution < -0.4 is 10.6 Å². The summed E-state index contributed by atoms with van der Waals surface area (Å²) >= 11 is 0. The summed E-state index contributed by atoms with van der Waals surface area (Å²) in [5.41, 5.74) is 1.32. The second-order valence-electron chi connectivity index (χ2n) is 4.49. The van der Waals surface area contributed by atoms with E-state index in [-0.39, 0.29) is 11.7 Å². The third-order valence-corrected chi connectivity index (χ3v) is 2.72. The molecule has 0 fully saturated rings. The zero-order valence-electron chi connectivity index (χ0n) is 11.2. The first-order valence-corrected chi connectivity index (χ1v) is 6.35. The van der Waals surface area contributed by atoms with E-state index in [0.717, 1.165) is 18.4 Å². The number of unbranched alkanes of at least 4 members (excludes halogenated alkanes) is 1. The number of aryl methyl sites for hydroxylation is 1. The molecule has 18 heavy (non-hydrogen) atoms. The molecule has 0 radical (unpaired) electrons. The van der Waals surface area contributed by atoms with Gasteiger partial charge in [-0.3, -0.25) is 4.79 Å². The SMILES string of the molecule is CCCCNC(=O)C(C)Nc1cc(C)ccc1F. The molecule has 1 aromatic rings. The number of hydrogen-bond donors (Lipinski definition) is 2. The van der Waals surface area contributed by atoms with Gasteiger partial charge in [0.05, 0.1) is 5.69 Å². The zero-order chi connectivity index (χ0) is 13.5. The van der Waals surface area contributed by atoms with Crippen molar-refractivity contribution in [2.45, 2.75) is 39.7 Å². The van der Waals surface area contributed by atoms with Gasteiger partial charge in [-0.05, 0) is 38.0 Å². The standard InChI is InChI=1S/C14H21FN2O/c1-4-5-8-16-14(18)11(3)17-13-9-10(2)6-7-12(13)15/h6-7,9,11,17H,4-5,8H2,1-3H3,(H,16,18). The van der Waals surface area contributed by atoms with Crippen molar-refractivity contribution in [1.82, 2.24) is 5.32 Å². The highest BCUT2D eigenvalue weighted by atomic mass is 19.1. The monoisotopic (exact) mass is 252 g/mol. The van der Waals surface area contributed by atoms with Crippen molar-refractivity contribution in [3.8, 4) is 0 Å². The molecule has 1 amide bonds. The molecule has 1 rings (SSSR count). The van der Waals surface area contributed by atoms with Gasteiger partial charge in [-0.1, -0.05) is 19.4 Å². The molecular weight excluding hydrogens is 231 g/mol. The number of halogens is 1. The van der Waals surface area contributed by atoms with E-state index in [1.54, 1.807) is 19.1 Å². The van der Waals surface area contributed by atoms with Crippen LogP contribution in [0.15, 0.2) is 18.2 Å². The van der Waals surface area contributed by atoms with E-state index < -0.39 is 6.04 Å². The molecule has 1 aromatic carbocycles. The maximum Gasteiger partial charge on any atom is 0.242 e. The number of amides is 1. The van der Waals surface area contributed by atoms with Gasteiger partial charge in [0.15, 0.2) is 0 Å². The van der Waals surface area contributed by atoms with Crippen molar-refractivity contribution in [3.05, 3.63) is 29.6 Å². The minimum absolute atomic E-state index is 0.107. The predicted octanol–water partition coefficient (Wildman–Crippen LogP) is 2.85. The molecule has 0 spiro atoms. The van der Waals surface area contributed by atoms with Crippen LogP contribution in [0.3, 0.4) is 0 Å². The fourth-order valence-electron chi connectivity index (χ4n) is 1.59. The Morgan fingerprint density at radius 2 is 2.17 bits per heavy atom. The Morgan fingerprint density at radius 1 is 1.44 bits per heavy atom. The minimum atomic E-state index is -0.446. The first-order chi connectivity index (χ1) is 8.54. The van der Waals surface area contributed by atoms with Crippen LogP contribution >= 0.6 is 0 Å². The molecule has 0 aromatic heterocycles. The molecule has 3 nitrogen and oxygen atoms in total. The largest absolute Gasteiger partial charge is 0.372 e. The Bertz CT molecular complexity index is 407. The number of rotatable bonds is 6. The van der Waals surface area contributed by atoms with Crippen molar-refractivity contribution in [2.24, 2.45) is 0 Å². The summed E-state index contributed by atoms with van der Waals surface area (Å²) in [6, 6.07) is 4.36. The van der Waals surface area contributed by atoms with Gasteiger partial charge in [0.2, 0.25) is 5.91 Å². The van der Waals surface area contributed by atoms with E-state index >= 15 is 0 Å². The van der Waals surface area contributed by atoms with Crippen LogP contribution in [0.4, 0.5) is 10.1 Å². The number of carbonyl (C=O) groups is 1. The van der Waals surface area contributed by atoms with Gasteiger partial charge in [-0.15, -0.1) is 0 Å². The number of carbonyl (C=O) groups excluding carboxylic acids is 1. The number of benzene rings is 1. The Hall–Kier alpha value is -1.58. The van der Waals surface area contributed by atoms with Gasteiger partial charge in [0.25, 0.3) is 0 Å². The Balaban J connectivity index is 2.55. The molecular formula is C14H21FN2O. The van der Waals surface area contributed by atoms with Crippen LogP contribution in [0.2, 0.25) is 0 Å². The van der Waals surface area contributed by atoms with Gasteiger partial charge in [-0.25, -0.2) is 4.39 Å². The molecule has 100 valence electrons. The molecule has 0 aliphatic rings. The molecule has 0 bridgehead atoms. The lowest BCUT2D eigenvalue weighted by Crippen LogP contribution is -2.38. The van der Waals surface area contributed by atoms with Crippen LogP contribution in [0.25, 0.3) is 0 Å². The molecule has 0 aliphatic heterocycles. The maximum absolute atomic E-state index is 13.5. The lowest BCUT2D eigenvalue weighted by Gasteiger charge is -2.16. The second-order valence-corrected chi connectivity index (χ2v) is 4.49. The second kappa shape index (κ2) is 6.99. The van der Waals surface area contributed by atoms with Crippen molar-refractivity contribution < 1.29 is 9.18 Å². The summed E-state index contributed by atoms with van der Waals surface area (Å²) in [7, 11) is 0. The van der Waals surface area contributed by atoms with Gasteiger partial charge in [0.1, 0.15) is 11.9 Å². The van der Waals surface area contributed by atoms with Crippen molar-refractivity contribution in [1.29, 1.82) is 0 Å². The fourth-order valence-corrected chi connectivity index (χ4v) is 1.59. The first kappa shape index (κ1) is 14.5. The average Bonchev–Trinajstić information content (AvgIpc) is 2.34. The number of anilines is 1. The van der Waals surface area contributed by atoms with E-state index in [1.165, 1.54) is 6.07 Å². The molecule has 0 saturated heterocycles. The molecule has 2 N–H and O–H groups in total. The topological polar surface area (TPSA) is 41.1 Å². The molecule has 4 heteroatoms. The fraction of sp³-hybridized carbons (Fsp3) is 0.500. The van der Waals surface area contributed by atoms with Crippen LogP contribution in [-0.4, -0.2) is 18.5 Å². The smallest absolute Gasteiger partial charge is 0.242 e. The zero-order valence-corrected chi connectivity index (χ0v) is 11.2. The van der Waals surface area contributed by atoms with Crippen molar-refractivity contribution in [3.63, 3.8) is 0 Å². The molecule has 0 aliphatic carbocycles. The van der Waals surface area contributed by atoms with Gasteiger partial charge in [0, 0.05) is 6.54 Å². The van der Waals surface area contributed by atoms with Gasteiger partial charge >= 0.3 is 0 Å². The Labute approximate surface area is 108 Å². The van der Waals surface area contributed by atoms with Gasteiger partial charge < -0.3 is 10.6 Å². The third kappa shape index (κ3) is 4.35. The summed E-state index contributed by atoms with van der Waals surface area (Å²) in [6.45, 7) is 6.34. The molecule has 1 atom stereocenters. The third-order valence-electron chi connectivity index (χ3n) is 2.72. The van der Waals surface area contributed by atoms with Gasteiger partial charge in [-0.2, -0.15) is 0 Å². The van der Waals surface area contributed by atoms with Crippen LogP contribution in [0.1, 0.15) is 32.3 Å². The van der Waals surface area contributed by atoms with Crippen molar-refractivity contribution >= 4 is 11.6 Å². The van der Waals surface area contributed by atoms with Crippen LogP contribution in [0, 0.1) is 12.7 Å². The maximum atomic E-state index is 13.5. The summed E-state index contributed by atoms with van der Waals surface area (Å²) in [6.07, 6.45) is 1.99. The number of nitrogens with one attached hydrogen (secondary N) is 2. The summed E-state index contributed by atoms with van der Waals surface area (Å²) in [5, 5.41) is 5.70. The molecule has 1 unspecified atom stereocenters. The van der Waals surface area contributed by atoms with Crippen molar-refractivity contribution in [2.75, 3.05) is 11.9 Å². The lowest BCUT2D eigenvalue weighted by atomic mass is 10.2. The van der Waals surface area contributed by atoms with E-state index in [9.17, 15) is 9.18 Å². The predicted molar refractivity (Wildman–Crippen MR) is 72.1 cm³/mol. The molecule has 0 saturated carbocycles. The Kier molecular flexibility index (Phi) is 5.62. The highest BCUT2D eigenvalue weighted by Crippen LogP contribution is 2.16. The quantitative estimate of drug-likeness (QED) is 0.764. The van der Waals surface area contributed by atoms with E-state index in [4.69, 9.17) is 0 Å². The van der Waals surface area contributed by atoms with Crippen LogP contribution in [-0.2, 0) is 4.79 Å². The van der Waals surface area contributed by atoms with E-state index in [0.29, 0.717) is 12.2 Å². The summed E-state index contributed by atoms with van der Waals surface area (Å²) in [4.78, 5) is 11.7. The minimum Gasteiger partial charge on any atom is -0.372 e. The molecule has 0 heterocycles. The van der Waals surface area contributed by atoms with E-state index in [2.05, 4.69) is 17.6 Å². The lowest BCUT2D eigenvalue weighted by molar-refractivity contribution is -0.121. The Morgan fingerprint density at radius 3 is 2.83 bits per heavy atom. The highest BCUT2D eigenvalue weighted by Gasteiger charge is 2.13. The first-order valence-electron chi connectivity index (χ1n) is 6.35. The summed E-state index contributed by atoms with van der Waals surface area (Å²) in [5.74, 6) is -0.446.